The summed E-state index contributed by atoms with van der Waals surface area (Å²) in [5.41, 5.74) is 1.18. The van der Waals surface area contributed by atoms with E-state index in [9.17, 15) is 4.79 Å². The van der Waals surface area contributed by atoms with Crippen molar-refractivity contribution in [3.63, 3.8) is 0 Å². The van der Waals surface area contributed by atoms with Crippen LogP contribution < -0.4 is 5.32 Å². The molecule has 0 aromatic rings. The Labute approximate surface area is 85.8 Å². The fourth-order valence-electron chi connectivity index (χ4n) is 2.38. The Morgan fingerprint density at radius 1 is 1.21 bits per heavy atom. The summed E-state index contributed by atoms with van der Waals surface area (Å²) in [6.07, 6.45) is 8.64. The maximum atomic E-state index is 11.0. The summed E-state index contributed by atoms with van der Waals surface area (Å²) < 4.78 is 0. The minimum atomic E-state index is 0.289. The van der Waals surface area contributed by atoms with Gasteiger partial charge in [-0.05, 0) is 38.0 Å². The Kier molecular flexibility index (Phi) is 2.90. The van der Waals surface area contributed by atoms with Crippen LogP contribution in [-0.2, 0) is 4.79 Å². The van der Waals surface area contributed by atoms with E-state index in [0.717, 1.165) is 12.3 Å². The maximum Gasteiger partial charge on any atom is 0.157 e. The van der Waals surface area contributed by atoms with Gasteiger partial charge in [-0.25, -0.2) is 0 Å². The Morgan fingerprint density at radius 2 is 1.93 bits per heavy atom. The highest BCUT2D eigenvalue weighted by molar-refractivity contribution is 5.92. The van der Waals surface area contributed by atoms with Gasteiger partial charge in [0, 0.05) is 24.2 Å². The summed E-state index contributed by atoms with van der Waals surface area (Å²) in [5.74, 6) is 1.18. The molecule has 2 aliphatic carbocycles. The van der Waals surface area contributed by atoms with Gasteiger partial charge in [-0.1, -0.05) is 6.92 Å². The van der Waals surface area contributed by atoms with E-state index in [1.165, 1.54) is 31.4 Å². The lowest BCUT2D eigenvalue weighted by atomic mass is 9.87. The van der Waals surface area contributed by atoms with Gasteiger partial charge in [-0.3, -0.25) is 4.79 Å². The summed E-state index contributed by atoms with van der Waals surface area (Å²) >= 11 is 0. The molecule has 0 heterocycles. The van der Waals surface area contributed by atoms with Crippen LogP contribution in [0.3, 0.4) is 0 Å². The van der Waals surface area contributed by atoms with Crippen LogP contribution in [0.15, 0.2) is 11.8 Å². The Hall–Kier alpha value is -0.790. The Balaban J connectivity index is 1.81. The second-order valence-corrected chi connectivity index (χ2v) is 4.74. The monoisotopic (exact) mass is 193 g/mol. The average Bonchev–Trinajstić information content (AvgIpc) is 2.56. The topological polar surface area (TPSA) is 29.1 Å². The van der Waals surface area contributed by atoms with Gasteiger partial charge in [0.15, 0.2) is 5.78 Å². The van der Waals surface area contributed by atoms with E-state index in [4.69, 9.17) is 0 Å². The first kappa shape index (κ1) is 9.75. The second kappa shape index (κ2) is 4.16. The zero-order valence-electron chi connectivity index (χ0n) is 8.88. The third-order valence-corrected chi connectivity index (χ3v) is 3.38. The highest BCUT2D eigenvalue weighted by Crippen LogP contribution is 2.25. The minimum Gasteiger partial charge on any atom is -0.385 e. The highest BCUT2D eigenvalue weighted by Gasteiger charge is 2.20. The molecule has 1 saturated carbocycles. The second-order valence-electron chi connectivity index (χ2n) is 4.74. The minimum absolute atomic E-state index is 0.289. The molecule has 0 bridgehead atoms. The van der Waals surface area contributed by atoms with Crippen LogP contribution in [0.1, 0.15) is 45.4 Å². The number of rotatable bonds is 2. The molecule has 0 aliphatic heterocycles. The van der Waals surface area contributed by atoms with Crippen LogP contribution in [0.2, 0.25) is 0 Å². The van der Waals surface area contributed by atoms with Crippen molar-refractivity contribution >= 4 is 5.78 Å². The average molecular weight is 193 g/mol. The van der Waals surface area contributed by atoms with E-state index in [2.05, 4.69) is 12.2 Å². The summed E-state index contributed by atoms with van der Waals surface area (Å²) in [4.78, 5) is 11.0. The van der Waals surface area contributed by atoms with E-state index in [1.54, 1.807) is 6.08 Å². The zero-order chi connectivity index (χ0) is 9.97. The molecule has 0 spiro atoms. The molecule has 0 aromatic carbocycles. The largest absolute Gasteiger partial charge is 0.385 e. The van der Waals surface area contributed by atoms with Gasteiger partial charge in [-0.15, -0.1) is 0 Å². The zero-order valence-corrected chi connectivity index (χ0v) is 8.88. The molecular formula is C12H19NO. The normalized spacial score (nSPS) is 32.9. The van der Waals surface area contributed by atoms with Crippen molar-refractivity contribution in [2.24, 2.45) is 5.92 Å². The maximum absolute atomic E-state index is 11.0. The third kappa shape index (κ3) is 2.37. The molecule has 2 heteroatoms. The Morgan fingerprint density at radius 3 is 2.50 bits per heavy atom. The van der Waals surface area contributed by atoms with Gasteiger partial charge >= 0.3 is 0 Å². The molecule has 2 rings (SSSR count). The van der Waals surface area contributed by atoms with Crippen LogP contribution >= 0.6 is 0 Å². The van der Waals surface area contributed by atoms with Crippen LogP contribution in [0.4, 0.5) is 0 Å². The molecule has 0 unspecified atom stereocenters. The first-order valence-electron chi connectivity index (χ1n) is 5.74. The van der Waals surface area contributed by atoms with E-state index in [-0.39, 0.29) is 5.78 Å². The van der Waals surface area contributed by atoms with E-state index < -0.39 is 0 Å². The predicted molar refractivity (Wildman–Crippen MR) is 56.9 cm³/mol. The number of nitrogens with one attached hydrogen (secondary N) is 1. The van der Waals surface area contributed by atoms with Gasteiger partial charge < -0.3 is 5.32 Å². The van der Waals surface area contributed by atoms with Crippen molar-refractivity contribution in [3.8, 4) is 0 Å². The molecule has 2 nitrogen and oxygen atoms in total. The lowest BCUT2D eigenvalue weighted by Crippen LogP contribution is -2.31. The standard InChI is InChI=1S/C12H19NO/c1-9-2-4-10(5-3-9)13-11-6-7-12(14)8-11/h8-10,13H,2-7H2,1H3. The summed E-state index contributed by atoms with van der Waals surface area (Å²) in [6.45, 7) is 2.33. The quantitative estimate of drug-likeness (QED) is 0.729. The van der Waals surface area contributed by atoms with Crippen molar-refractivity contribution < 1.29 is 4.79 Å². The lowest BCUT2D eigenvalue weighted by molar-refractivity contribution is -0.114. The van der Waals surface area contributed by atoms with Gasteiger partial charge in [0.1, 0.15) is 0 Å². The number of hydrogen-bond acceptors (Lipinski definition) is 2. The van der Waals surface area contributed by atoms with Crippen molar-refractivity contribution in [1.29, 1.82) is 0 Å². The third-order valence-electron chi connectivity index (χ3n) is 3.38. The number of allylic oxidation sites excluding steroid dienone is 2. The van der Waals surface area contributed by atoms with Gasteiger partial charge in [-0.2, -0.15) is 0 Å². The summed E-state index contributed by atoms with van der Waals surface area (Å²) in [7, 11) is 0. The number of carbonyl (C=O) groups is 1. The fraction of sp³-hybridized carbons (Fsp3) is 0.750. The van der Waals surface area contributed by atoms with Crippen molar-refractivity contribution in [2.45, 2.75) is 51.5 Å². The van der Waals surface area contributed by atoms with Crippen molar-refractivity contribution in [2.75, 3.05) is 0 Å². The summed E-state index contributed by atoms with van der Waals surface area (Å²) in [6, 6.07) is 0.628. The van der Waals surface area contributed by atoms with E-state index >= 15 is 0 Å². The Bertz CT molecular complexity index is 249. The smallest absolute Gasteiger partial charge is 0.157 e. The van der Waals surface area contributed by atoms with Crippen LogP contribution in [-0.4, -0.2) is 11.8 Å². The van der Waals surface area contributed by atoms with Crippen molar-refractivity contribution in [1.82, 2.24) is 5.32 Å². The molecule has 2 aliphatic rings. The number of carbonyl (C=O) groups excluding carboxylic acids is 1. The molecule has 0 saturated heterocycles. The molecule has 14 heavy (non-hydrogen) atoms. The molecule has 78 valence electrons. The number of ketones is 1. The van der Waals surface area contributed by atoms with Crippen molar-refractivity contribution in [3.05, 3.63) is 11.8 Å². The molecule has 0 amide bonds. The van der Waals surface area contributed by atoms with Crippen LogP contribution in [0, 0.1) is 5.92 Å². The fourth-order valence-corrected chi connectivity index (χ4v) is 2.38. The van der Waals surface area contributed by atoms with Crippen LogP contribution in [0.5, 0.6) is 0 Å². The predicted octanol–water partition coefficient (Wildman–Crippen LogP) is 2.40. The van der Waals surface area contributed by atoms with Gasteiger partial charge in [0.25, 0.3) is 0 Å². The molecule has 1 N–H and O–H groups in total. The van der Waals surface area contributed by atoms with Crippen LogP contribution in [0.25, 0.3) is 0 Å². The van der Waals surface area contributed by atoms with Gasteiger partial charge in [0.2, 0.25) is 0 Å². The molecule has 0 aromatic heterocycles. The van der Waals surface area contributed by atoms with E-state index in [0.29, 0.717) is 12.5 Å². The molecular weight excluding hydrogens is 174 g/mol. The summed E-state index contributed by atoms with van der Waals surface area (Å²) in [5, 5.41) is 3.51. The highest BCUT2D eigenvalue weighted by atomic mass is 16.1. The SMILES string of the molecule is CC1CCC(NC2=CC(=O)CC2)CC1. The lowest BCUT2D eigenvalue weighted by Gasteiger charge is -2.28. The van der Waals surface area contributed by atoms with E-state index in [1.807, 2.05) is 0 Å². The first-order chi connectivity index (χ1) is 6.74. The number of hydrogen-bond donors (Lipinski definition) is 1. The first-order valence-corrected chi connectivity index (χ1v) is 5.74. The molecule has 0 radical (unpaired) electrons. The molecule has 0 atom stereocenters. The molecule has 1 fully saturated rings. The van der Waals surface area contributed by atoms with Gasteiger partial charge in [0.05, 0.1) is 0 Å².